The number of rotatable bonds is 4. The first-order chi connectivity index (χ1) is 8.75. The average Bonchev–Trinajstić information content (AvgIpc) is 2.90. The van der Waals surface area contributed by atoms with E-state index in [-0.39, 0.29) is 6.03 Å². The van der Waals surface area contributed by atoms with E-state index in [0.717, 1.165) is 6.42 Å². The third kappa shape index (κ3) is 3.53. The van der Waals surface area contributed by atoms with Crippen LogP contribution in [0.25, 0.3) is 0 Å². The number of carbonyl (C=O) groups is 1. The third-order valence-corrected chi connectivity index (χ3v) is 3.11. The number of amides is 2. The molecule has 0 spiro atoms. The number of aromatic nitrogens is 2. The van der Waals surface area contributed by atoms with E-state index in [1.54, 1.807) is 17.5 Å². The highest BCUT2D eigenvalue weighted by atomic mass is 32.1. The summed E-state index contributed by atoms with van der Waals surface area (Å²) in [7, 11) is 1.76. The fourth-order valence-electron chi connectivity index (χ4n) is 1.46. The molecule has 1 aromatic carbocycles. The summed E-state index contributed by atoms with van der Waals surface area (Å²) in [5.74, 6) is 0. The molecule has 6 heteroatoms. The molecule has 2 aromatic rings. The largest absolute Gasteiger partial charge is 0.327 e. The van der Waals surface area contributed by atoms with Crippen molar-refractivity contribution in [2.24, 2.45) is 0 Å². The van der Waals surface area contributed by atoms with Crippen LogP contribution < -0.4 is 5.32 Å². The zero-order chi connectivity index (χ0) is 12.8. The number of benzene rings is 1. The number of nitrogens with zero attached hydrogens (tertiary/aromatic N) is 3. The summed E-state index contributed by atoms with van der Waals surface area (Å²) in [5.41, 5.74) is 2.80. The molecule has 0 aliphatic heterocycles. The standard InChI is InChI=1S/C12H14N4OS/c1-16(8-7-10-5-3-2-4-6-10)12(17)14-11-15-13-9-18-11/h2-6,9H,7-8H2,1H3,(H,14,15,17). The van der Waals surface area contributed by atoms with Gasteiger partial charge in [0.15, 0.2) is 0 Å². The number of likely N-dealkylation sites (N-methyl/N-ethyl adjacent to an activating group) is 1. The summed E-state index contributed by atoms with van der Waals surface area (Å²) >= 11 is 1.30. The lowest BCUT2D eigenvalue weighted by atomic mass is 10.1. The van der Waals surface area contributed by atoms with E-state index in [9.17, 15) is 4.79 Å². The Morgan fingerprint density at radius 2 is 2.17 bits per heavy atom. The molecule has 0 aliphatic rings. The van der Waals surface area contributed by atoms with Crippen molar-refractivity contribution < 1.29 is 4.79 Å². The van der Waals surface area contributed by atoms with Gasteiger partial charge >= 0.3 is 6.03 Å². The summed E-state index contributed by atoms with van der Waals surface area (Å²) < 4.78 is 0. The third-order valence-electron chi connectivity index (χ3n) is 2.50. The van der Waals surface area contributed by atoms with E-state index < -0.39 is 0 Å². The van der Waals surface area contributed by atoms with Crippen LogP contribution in [0.4, 0.5) is 9.93 Å². The Balaban J connectivity index is 1.81. The molecule has 18 heavy (non-hydrogen) atoms. The van der Waals surface area contributed by atoms with E-state index >= 15 is 0 Å². The highest BCUT2D eigenvalue weighted by Crippen LogP contribution is 2.09. The first-order valence-corrected chi connectivity index (χ1v) is 6.46. The van der Waals surface area contributed by atoms with Gasteiger partial charge in [-0.15, -0.1) is 10.2 Å². The SMILES string of the molecule is CN(CCc1ccccc1)C(=O)Nc1nncs1. The lowest BCUT2D eigenvalue weighted by Gasteiger charge is -2.16. The second-order valence-corrected chi connectivity index (χ2v) is 4.66. The van der Waals surface area contributed by atoms with Gasteiger partial charge in [-0.25, -0.2) is 4.79 Å². The molecule has 0 atom stereocenters. The molecule has 0 unspecified atom stereocenters. The number of nitrogens with one attached hydrogen (secondary N) is 1. The topological polar surface area (TPSA) is 58.1 Å². The van der Waals surface area contributed by atoms with Crippen LogP contribution in [-0.2, 0) is 6.42 Å². The van der Waals surface area contributed by atoms with Crippen LogP contribution >= 0.6 is 11.3 Å². The highest BCUT2D eigenvalue weighted by Gasteiger charge is 2.09. The molecule has 0 saturated heterocycles. The quantitative estimate of drug-likeness (QED) is 0.919. The Hall–Kier alpha value is -1.95. The van der Waals surface area contributed by atoms with Gasteiger partial charge in [0.1, 0.15) is 5.51 Å². The molecule has 0 bridgehead atoms. The van der Waals surface area contributed by atoms with Gasteiger partial charge in [-0.2, -0.15) is 0 Å². The van der Waals surface area contributed by atoms with Crippen molar-refractivity contribution in [3.8, 4) is 0 Å². The van der Waals surface area contributed by atoms with Gasteiger partial charge < -0.3 is 4.90 Å². The minimum absolute atomic E-state index is 0.164. The number of anilines is 1. The van der Waals surface area contributed by atoms with Gasteiger partial charge in [-0.1, -0.05) is 41.7 Å². The van der Waals surface area contributed by atoms with Crippen molar-refractivity contribution in [1.29, 1.82) is 0 Å². The molecule has 5 nitrogen and oxygen atoms in total. The van der Waals surface area contributed by atoms with Crippen LogP contribution in [0, 0.1) is 0 Å². The normalized spacial score (nSPS) is 10.1. The first-order valence-electron chi connectivity index (χ1n) is 5.58. The lowest BCUT2D eigenvalue weighted by molar-refractivity contribution is 0.223. The lowest BCUT2D eigenvalue weighted by Crippen LogP contribution is -2.32. The van der Waals surface area contributed by atoms with Gasteiger partial charge in [0.05, 0.1) is 0 Å². The first kappa shape index (κ1) is 12.5. The van der Waals surface area contributed by atoms with Crippen molar-refractivity contribution in [2.45, 2.75) is 6.42 Å². The minimum atomic E-state index is -0.164. The molecule has 1 heterocycles. The van der Waals surface area contributed by atoms with Crippen molar-refractivity contribution in [1.82, 2.24) is 15.1 Å². The Labute approximate surface area is 109 Å². The molecule has 0 saturated carbocycles. The maximum absolute atomic E-state index is 11.8. The molecule has 2 rings (SSSR count). The summed E-state index contributed by atoms with van der Waals surface area (Å²) in [6.07, 6.45) is 0.834. The van der Waals surface area contributed by atoms with Crippen LogP contribution in [-0.4, -0.2) is 34.7 Å². The maximum atomic E-state index is 11.8. The zero-order valence-corrected chi connectivity index (χ0v) is 10.9. The number of carbonyl (C=O) groups excluding carboxylic acids is 1. The summed E-state index contributed by atoms with van der Waals surface area (Å²) in [6, 6.07) is 9.91. The van der Waals surface area contributed by atoms with Crippen LogP contribution in [0.5, 0.6) is 0 Å². The molecule has 94 valence electrons. The molecule has 1 N–H and O–H groups in total. The van der Waals surface area contributed by atoms with Crippen LogP contribution in [0.3, 0.4) is 0 Å². The highest BCUT2D eigenvalue weighted by molar-refractivity contribution is 7.13. The second kappa shape index (κ2) is 6.11. The Morgan fingerprint density at radius 1 is 1.39 bits per heavy atom. The molecular formula is C12H14N4OS. The summed E-state index contributed by atoms with van der Waals surface area (Å²) in [6.45, 7) is 0.661. The smallest absolute Gasteiger partial charge is 0.323 e. The Morgan fingerprint density at radius 3 is 2.83 bits per heavy atom. The predicted octanol–water partition coefficient (Wildman–Crippen LogP) is 2.24. The van der Waals surface area contributed by atoms with Gasteiger partial charge in [-0.05, 0) is 12.0 Å². The van der Waals surface area contributed by atoms with E-state index in [1.807, 2.05) is 18.2 Å². The Kier molecular flexibility index (Phi) is 4.25. The molecule has 0 radical (unpaired) electrons. The van der Waals surface area contributed by atoms with Crippen LogP contribution in [0.1, 0.15) is 5.56 Å². The van der Waals surface area contributed by atoms with Crippen LogP contribution in [0.2, 0.25) is 0 Å². The van der Waals surface area contributed by atoms with Gasteiger partial charge in [0.2, 0.25) is 5.13 Å². The molecule has 1 aromatic heterocycles. The van der Waals surface area contributed by atoms with Gasteiger partial charge in [-0.3, -0.25) is 5.32 Å². The molecule has 0 aliphatic carbocycles. The van der Waals surface area contributed by atoms with E-state index in [2.05, 4.69) is 27.6 Å². The summed E-state index contributed by atoms with van der Waals surface area (Å²) in [4.78, 5) is 13.4. The number of hydrogen-bond acceptors (Lipinski definition) is 4. The Bertz CT molecular complexity index is 486. The summed E-state index contributed by atoms with van der Waals surface area (Å²) in [5, 5.41) is 10.6. The van der Waals surface area contributed by atoms with Crippen molar-refractivity contribution >= 4 is 22.5 Å². The number of urea groups is 1. The van der Waals surface area contributed by atoms with Gasteiger partial charge in [0.25, 0.3) is 0 Å². The van der Waals surface area contributed by atoms with Crippen molar-refractivity contribution in [3.63, 3.8) is 0 Å². The fourth-order valence-corrected chi connectivity index (χ4v) is 1.89. The number of hydrogen-bond donors (Lipinski definition) is 1. The van der Waals surface area contributed by atoms with E-state index in [0.29, 0.717) is 11.7 Å². The monoisotopic (exact) mass is 262 g/mol. The molecule has 2 amide bonds. The predicted molar refractivity (Wildman–Crippen MR) is 71.7 cm³/mol. The minimum Gasteiger partial charge on any atom is -0.327 e. The average molecular weight is 262 g/mol. The second-order valence-electron chi connectivity index (χ2n) is 3.83. The fraction of sp³-hybridized carbons (Fsp3) is 0.250. The zero-order valence-electron chi connectivity index (χ0n) is 10.0. The van der Waals surface area contributed by atoms with E-state index in [1.165, 1.54) is 16.9 Å². The molecule has 0 fully saturated rings. The van der Waals surface area contributed by atoms with E-state index in [4.69, 9.17) is 0 Å². The van der Waals surface area contributed by atoms with Crippen LogP contribution in [0.15, 0.2) is 35.8 Å². The maximum Gasteiger partial charge on any atom is 0.323 e. The van der Waals surface area contributed by atoms with Crippen molar-refractivity contribution in [2.75, 3.05) is 18.9 Å². The van der Waals surface area contributed by atoms with Crippen molar-refractivity contribution in [3.05, 3.63) is 41.4 Å². The van der Waals surface area contributed by atoms with Gasteiger partial charge in [0, 0.05) is 13.6 Å². The molecular weight excluding hydrogens is 248 g/mol.